The fraction of sp³-hybridized carbons (Fsp3) is 1.00. The highest BCUT2D eigenvalue weighted by molar-refractivity contribution is 4.79. The second kappa shape index (κ2) is 4.70. The van der Waals surface area contributed by atoms with Gasteiger partial charge in [0.25, 0.3) is 0 Å². The van der Waals surface area contributed by atoms with E-state index < -0.39 is 0 Å². The first-order valence-electron chi connectivity index (χ1n) is 3.88. The van der Waals surface area contributed by atoms with Gasteiger partial charge in [0.05, 0.1) is 19.3 Å². The zero-order chi connectivity index (χ0) is 8.91. The van der Waals surface area contributed by atoms with E-state index >= 15 is 0 Å². The first-order chi connectivity index (χ1) is 4.98. The Hall–Kier alpha value is -0.120. The number of ether oxygens (including phenoxy) is 2. The van der Waals surface area contributed by atoms with Crippen molar-refractivity contribution in [1.29, 1.82) is 0 Å². The number of methoxy groups -OCH3 is 1. The van der Waals surface area contributed by atoms with E-state index in [0.717, 1.165) is 0 Å². The average Bonchev–Trinajstić information content (AvgIpc) is 1.86. The summed E-state index contributed by atoms with van der Waals surface area (Å²) in [6.07, 6.45) is 0.0673. The van der Waals surface area contributed by atoms with Gasteiger partial charge in [-0.05, 0) is 20.8 Å². The van der Waals surface area contributed by atoms with Gasteiger partial charge < -0.3 is 15.2 Å². The zero-order valence-electron chi connectivity index (χ0n) is 7.89. The highest BCUT2D eigenvalue weighted by Crippen LogP contribution is 2.07. The van der Waals surface area contributed by atoms with Crippen LogP contribution in [0.3, 0.4) is 0 Å². The molecule has 68 valence electrons. The lowest BCUT2D eigenvalue weighted by Gasteiger charge is -2.26. The van der Waals surface area contributed by atoms with E-state index in [9.17, 15) is 0 Å². The molecular formula is C8H19NO2. The topological polar surface area (TPSA) is 44.5 Å². The maximum Gasteiger partial charge on any atom is 0.0722 e. The van der Waals surface area contributed by atoms with Crippen LogP contribution < -0.4 is 5.73 Å². The Morgan fingerprint density at radius 3 is 2.27 bits per heavy atom. The van der Waals surface area contributed by atoms with Crippen LogP contribution in [0.15, 0.2) is 0 Å². The third kappa shape index (κ3) is 5.18. The Morgan fingerprint density at radius 2 is 1.91 bits per heavy atom. The number of hydrogen-bond donors (Lipinski definition) is 1. The standard InChI is InChI=1S/C8H19NO2/c1-7(8(2,3)9)11-6-5-10-4/h7H,5-6,9H2,1-4H3. The Labute approximate surface area is 68.9 Å². The van der Waals surface area contributed by atoms with E-state index in [1.807, 2.05) is 20.8 Å². The SMILES string of the molecule is COCCOC(C)C(C)(C)N. The molecule has 0 radical (unpaired) electrons. The second-order valence-corrected chi connectivity index (χ2v) is 3.33. The van der Waals surface area contributed by atoms with Crippen molar-refractivity contribution in [3.05, 3.63) is 0 Å². The predicted molar refractivity (Wildman–Crippen MR) is 45.6 cm³/mol. The first kappa shape index (κ1) is 10.9. The van der Waals surface area contributed by atoms with Crippen molar-refractivity contribution in [2.45, 2.75) is 32.4 Å². The molecule has 0 aromatic carbocycles. The average molecular weight is 161 g/mol. The Kier molecular flexibility index (Phi) is 4.65. The molecule has 0 aromatic rings. The van der Waals surface area contributed by atoms with Gasteiger partial charge in [0.2, 0.25) is 0 Å². The highest BCUT2D eigenvalue weighted by atomic mass is 16.5. The van der Waals surface area contributed by atoms with E-state index in [1.165, 1.54) is 0 Å². The molecule has 0 aliphatic heterocycles. The number of hydrogen-bond acceptors (Lipinski definition) is 3. The molecule has 11 heavy (non-hydrogen) atoms. The fourth-order valence-electron chi connectivity index (χ4n) is 0.523. The van der Waals surface area contributed by atoms with E-state index in [4.69, 9.17) is 15.2 Å². The molecule has 0 aromatic heterocycles. The Bertz CT molecular complexity index is 98.8. The summed E-state index contributed by atoms with van der Waals surface area (Å²) < 4.78 is 10.2. The summed E-state index contributed by atoms with van der Waals surface area (Å²) in [6, 6.07) is 0. The maximum atomic E-state index is 5.80. The van der Waals surface area contributed by atoms with Crippen molar-refractivity contribution in [2.24, 2.45) is 5.73 Å². The second-order valence-electron chi connectivity index (χ2n) is 3.33. The molecule has 1 atom stereocenters. The van der Waals surface area contributed by atoms with Crippen molar-refractivity contribution < 1.29 is 9.47 Å². The molecule has 0 amide bonds. The lowest BCUT2D eigenvalue weighted by molar-refractivity contribution is -0.00432. The minimum Gasteiger partial charge on any atom is -0.382 e. The Morgan fingerprint density at radius 1 is 1.36 bits per heavy atom. The molecule has 0 saturated heterocycles. The van der Waals surface area contributed by atoms with Crippen LogP contribution in [0.2, 0.25) is 0 Å². The molecule has 3 heteroatoms. The first-order valence-corrected chi connectivity index (χ1v) is 3.88. The van der Waals surface area contributed by atoms with Crippen molar-refractivity contribution in [1.82, 2.24) is 0 Å². The normalized spacial score (nSPS) is 15.0. The molecule has 2 N–H and O–H groups in total. The molecule has 1 unspecified atom stereocenters. The molecule has 3 nitrogen and oxygen atoms in total. The van der Waals surface area contributed by atoms with Gasteiger partial charge in [-0.25, -0.2) is 0 Å². The van der Waals surface area contributed by atoms with Crippen molar-refractivity contribution in [3.8, 4) is 0 Å². The van der Waals surface area contributed by atoms with Crippen molar-refractivity contribution in [3.63, 3.8) is 0 Å². The summed E-state index contributed by atoms with van der Waals surface area (Å²) in [5, 5.41) is 0. The third-order valence-corrected chi connectivity index (χ3v) is 1.70. The van der Waals surface area contributed by atoms with E-state index in [1.54, 1.807) is 7.11 Å². The molecule has 0 rings (SSSR count). The fourth-order valence-corrected chi connectivity index (χ4v) is 0.523. The molecule has 0 fully saturated rings. The van der Waals surface area contributed by atoms with Crippen LogP contribution in [0.4, 0.5) is 0 Å². The molecule has 0 saturated carbocycles. The van der Waals surface area contributed by atoms with Gasteiger partial charge >= 0.3 is 0 Å². The molecule has 0 aliphatic rings. The van der Waals surface area contributed by atoms with E-state index in [2.05, 4.69) is 0 Å². The smallest absolute Gasteiger partial charge is 0.0722 e. The summed E-state index contributed by atoms with van der Waals surface area (Å²) in [7, 11) is 1.65. The molecule has 0 heterocycles. The number of nitrogens with two attached hydrogens (primary N) is 1. The van der Waals surface area contributed by atoms with E-state index in [0.29, 0.717) is 13.2 Å². The summed E-state index contributed by atoms with van der Waals surface area (Å²) in [5.74, 6) is 0. The molecule has 0 aliphatic carbocycles. The minimum atomic E-state index is -0.270. The van der Waals surface area contributed by atoms with Crippen molar-refractivity contribution >= 4 is 0 Å². The van der Waals surface area contributed by atoms with Crippen LogP contribution in [0.25, 0.3) is 0 Å². The van der Waals surface area contributed by atoms with Crippen LogP contribution in [0.1, 0.15) is 20.8 Å². The lowest BCUT2D eigenvalue weighted by Crippen LogP contribution is -2.45. The summed E-state index contributed by atoms with van der Waals surface area (Å²) in [5.41, 5.74) is 5.53. The Balaban J connectivity index is 3.44. The predicted octanol–water partition coefficient (Wildman–Crippen LogP) is 0.775. The van der Waals surface area contributed by atoms with Gasteiger partial charge in [0, 0.05) is 12.6 Å². The van der Waals surface area contributed by atoms with Gasteiger partial charge in [-0.2, -0.15) is 0 Å². The minimum absolute atomic E-state index is 0.0673. The largest absolute Gasteiger partial charge is 0.382 e. The van der Waals surface area contributed by atoms with Gasteiger partial charge in [-0.3, -0.25) is 0 Å². The van der Waals surface area contributed by atoms with Crippen LogP contribution in [0.5, 0.6) is 0 Å². The van der Waals surface area contributed by atoms with Gasteiger partial charge in [-0.15, -0.1) is 0 Å². The van der Waals surface area contributed by atoms with E-state index in [-0.39, 0.29) is 11.6 Å². The number of rotatable bonds is 5. The van der Waals surface area contributed by atoms with Crippen LogP contribution in [-0.2, 0) is 9.47 Å². The van der Waals surface area contributed by atoms with Crippen LogP contribution in [-0.4, -0.2) is 32.0 Å². The molecular weight excluding hydrogens is 142 g/mol. The van der Waals surface area contributed by atoms with Crippen LogP contribution >= 0.6 is 0 Å². The third-order valence-electron chi connectivity index (χ3n) is 1.70. The summed E-state index contributed by atoms with van der Waals surface area (Å²) in [6.45, 7) is 7.10. The van der Waals surface area contributed by atoms with Crippen molar-refractivity contribution in [2.75, 3.05) is 20.3 Å². The lowest BCUT2D eigenvalue weighted by atomic mass is 10.0. The zero-order valence-corrected chi connectivity index (χ0v) is 7.89. The summed E-state index contributed by atoms with van der Waals surface area (Å²) >= 11 is 0. The van der Waals surface area contributed by atoms with Gasteiger partial charge in [0.15, 0.2) is 0 Å². The summed E-state index contributed by atoms with van der Waals surface area (Å²) in [4.78, 5) is 0. The maximum absolute atomic E-state index is 5.80. The van der Waals surface area contributed by atoms with Crippen LogP contribution in [0, 0.1) is 0 Å². The van der Waals surface area contributed by atoms with Gasteiger partial charge in [-0.1, -0.05) is 0 Å². The molecule has 0 spiro atoms. The highest BCUT2D eigenvalue weighted by Gasteiger charge is 2.20. The quantitative estimate of drug-likeness (QED) is 0.606. The van der Waals surface area contributed by atoms with Gasteiger partial charge in [0.1, 0.15) is 0 Å². The monoisotopic (exact) mass is 161 g/mol. The molecule has 0 bridgehead atoms.